The van der Waals surface area contributed by atoms with Gasteiger partial charge in [0.2, 0.25) is 0 Å². The van der Waals surface area contributed by atoms with Crippen molar-refractivity contribution in [3.8, 4) is 0 Å². The molecule has 0 bridgehead atoms. The normalized spacial score (nSPS) is 12.6. The number of hydrogen-bond acceptors (Lipinski definition) is 3. The zero-order valence-corrected chi connectivity index (χ0v) is 12.2. The second-order valence-corrected chi connectivity index (χ2v) is 5.21. The van der Waals surface area contributed by atoms with Crippen LogP contribution in [0.4, 0.5) is 0 Å². The molecule has 1 N–H and O–H groups in total. The van der Waals surface area contributed by atoms with Gasteiger partial charge < -0.3 is 10.1 Å². The zero-order valence-electron chi connectivity index (χ0n) is 10.7. The maximum absolute atomic E-state index is 11.6. The van der Waals surface area contributed by atoms with Gasteiger partial charge in [0, 0.05) is 16.6 Å². The monoisotopic (exact) mass is 289 g/mol. The molecule has 1 rings (SSSR count). The number of hydrogen-bond donors (Lipinski definition) is 1. The second-order valence-electron chi connectivity index (χ2n) is 4.36. The molecule has 0 amide bonds. The third-order valence-corrected chi connectivity index (χ3v) is 3.25. The van der Waals surface area contributed by atoms with E-state index in [9.17, 15) is 4.79 Å². The van der Waals surface area contributed by atoms with E-state index in [1.54, 1.807) is 18.2 Å². The van der Waals surface area contributed by atoms with Gasteiger partial charge in [-0.3, -0.25) is 4.79 Å². The molecule has 0 aliphatic heterocycles. The van der Waals surface area contributed by atoms with Crippen LogP contribution in [0, 0.1) is 5.92 Å². The topological polar surface area (TPSA) is 38.3 Å². The van der Waals surface area contributed by atoms with Crippen LogP contribution < -0.4 is 5.32 Å². The summed E-state index contributed by atoms with van der Waals surface area (Å²) >= 11 is 12.0. The molecular formula is C13H17Cl2NO2. The van der Waals surface area contributed by atoms with E-state index in [1.165, 1.54) is 7.11 Å². The number of carbonyl (C=O) groups excluding carboxylic acids is 1. The summed E-state index contributed by atoms with van der Waals surface area (Å²) in [6.07, 6.45) is 0. The number of esters is 1. The van der Waals surface area contributed by atoms with Crippen molar-refractivity contribution in [1.82, 2.24) is 5.32 Å². The van der Waals surface area contributed by atoms with E-state index in [0.29, 0.717) is 16.6 Å². The van der Waals surface area contributed by atoms with Crippen molar-refractivity contribution in [2.24, 2.45) is 5.92 Å². The van der Waals surface area contributed by atoms with Gasteiger partial charge in [0.15, 0.2) is 0 Å². The summed E-state index contributed by atoms with van der Waals surface area (Å²) < 4.78 is 4.76. The van der Waals surface area contributed by atoms with E-state index in [4.69, 9.17) is 27.9 Å². The fourth-order valence-electron chi connectivity index (χ4n) is 1.62. The lowest BCUT2D eigenvalue weighted by molar-refractivity contribution is -0.144. The van der Waals surface area contributed by atoms with Gasteiger partial charge in [-0.15, -0.1) is 0 Å². The third-order valence-electron chi connectivity index (χ3n) is 2.64. The Bertz CT molecular complexity index is 421. The van der Waals surface area contributed by atoms with Gasteiger partial charge in [0.1, 0.15) is 6.04 Å². The first-order chi connectivity index (χ1) is 8.45. The van der Waals surface area contributed by atoms with Crippen molar-refractivity contribution in [3.63, 3.8) is 0 Å². The molecule has 100 valence electrons. The van der Waals surface area contributed by atoms with E-state index < -0.39 is 0 Å². The summed E-state index contributed by atoms with van der Waals surface area (Å²) in [4.78, 5) is 11.6. The maximum Gasteiger partial charge on any atom is 0.323 e. The molecule has 18 heavy (non-hydrogen) atoms. The van der Waals surface area contributed by atoms with Gasteiger partial charge in [0.05, 0.1) is 7.11 Å². The smallest absolute Gasteiger partial charge is 0.323 e. The van der Waals surface area contributed by atoms with Crippen LogP contribution in [-0.4, -0.2) is 19.1 Å². The number of benzene rings is 1. The standard InChI is InChI=1S/C13H17Cl2NO2/c1-8(2)12(13(17)18-3)16-7-9-6-10(14)4-5-11(9)15/h4-6,8,12,16H,7H2,1-3H3. The summed E-state index contributed by atoms with van der Waals surface area (Å²) in [5.41, 5.74) is 0.860. The third kappa shape index (κ3) is 4.16. The molecule has 0 aliphatic rings. The number of nitrogens with one attached hydrogen (secondary N) is 1. The van der Waals surface area contributed by atoms with Crippen LogP contribution in [0.15, 0.2) is 18.2 Å². The Kier molecular flexibility index (Phi) is 5.93. The van der Waals surface area contributed by atoms with Crippen LogP contribution in [0.1, 0.15) is 19.4 Å². The molecule has 0 radical (unpaired) electrons. The van der Waals surface area contributed by atoms with Gasteiger partial charge in [0.25, 0.3) is 0 Å². The van der Waals surface area contributed by atoms with Crippen LogP contribution in [0.3, 0.4) is 0 Å². The zero-order chi connectivity index (χ0) is 13.7. The highest BCUT2D eigenvalue weighted by molar-refractivity contribution is 6.33. The lowest BCUT2D eigenvalue weighted by Crippen LogP contribution is -2.41. The first-order valence-corrected chi connectivity index (χ1v) is 6.46. The molecule has 1 atom stereocenters. The minimum atomic E-state index is -0.356. The maximum atomic E-state index is 11.6. The largest absolute Gasteiger partial charge is 0.468 e. The number of ether oxygens (including phenoxy) is 1. The highest BCUT2D eigenvalue weighted by Crippen LogP contribution is 2.20. The van der Waals surface area contributed by atoms with Gasteiger partial charge >= 0.3 is 5.97 Å². The Morgan fingerprint density at radius 1 is 1.39 bits per heavy atom. The molecule has 5 heteroatoms. The minimum Gasteiger partial charge on any atom is -0.468 e. The number of halogens is 2. The van der Waals surface area contributed by atoms with E-state index in [-0.39, 0.29) is 17.9 Å². The molecule has 0 spiro atoms. The average molecular weight is 290 g/mol. The van der Waals surface area contributed by atoms with E-state index >= 15 is 0 Å². The van der Waals surface area contributed by atoms with Crippen LogP contribution in [0.5, 0.6) is 0 Å². The van der Waals surface area contributed by atoms with Crippen molar-refractivity contribution in [2.75, 3.05) is 7.11 Å². The highest BCUT2D eigenvalue weighted by atomic mass is 35.5. The van der Waals surface area contributed by atoms with Crippen molar-refractivity contribution in [2.45, 2.75) is 26.4 Å². The Balaban J connectivity index is 2.73. The van der Waals surface area contributed by atoms with E-state index in [1.807, 2.05) is 13.8 Å². The number of carbonyl (C=O) groups is 1. The second kappa shape index (κ2) is 6.98. The summed E-state index contributed by atoms with van der Waals surface area (Å²) in [5.74, 6) is -0.140. The highest BCUT2D eigenvalue weighted by Gasteiger charge is 2.22. The van der Waals surface area contributed by atoms with Crippen molar-refractivity contribution in [3.05, 3.63) is 33.8 Å². The lowest BCUT2D eigenvalue weighted by atomic mass is 10.0. The molecule has 3 nitrogen and oxygen atoms in total. The summed E-state index contributed by atoms with van der Waals surface area (Å²) in [7, 11) is 1.38. The Morgan fingerprint density at radius 3 is 2.61 bits per heavy atom. The van der Waals surface area contributed by atoms with Crippen molar-refractivity contribution < 1.29 is 9.53 Å². The molecule has 0 saturated carbocycles. The van der Waals surface area contributed by atoms with Gasteiger partial charge in [-0.05, 0) is 29.7 Å². The first kappa shape index (κ1) is 15.3. The molecular weight excluding hydrogens is 273 g/mol. The minimum absolute atomic E-state index is 0.135. The van der Waals surface area contributed by atoms with Crippen molar-refractivity contribution in [1.29, 1.82) is 0 Å². The molecule has 1 unspecified atom stereocenters. The molecule has 1 aromatic carbocycles. The number of rotatable bonds is 5. The summed E-state index contributed by atoms with van der Waals surface area (Å²) in [5, 5.41) is 4.38. The number of methoxy groups -OCH3 is 1. The Morgan fingerprint density at radius 2 is 2.06 bits per heavy atom. The van der Waals surface area contributed by atoms with Crippen LogP contribution in [0.2, 0.25) is 10.0 Å². The average Bonchev–Trinajstić information content (AvgIpc) is 2.32. The van der Waals surface area contributed by atoms with E-state index in [2.05, 4.69) is 5.32 Å². The molecule has 0 aliphatic carbocycles. The molecule has 0 heterocycles. The Labute approximate surface area is 117 Å². The van der Waals surface area contributed by atoms with Crippen LogP contribution in [-0.2, 0) is 16.1 Å². The first-order valence-electron chi connectivity index (χ1n) is 5.70. The molecule has 1 aromatic rings. The van der Waals surface area contributed by atoms with Gasteiger partial charge in [-0.1, -0.05) is 37.0 Å². The van der Waals surface area contributed by atoms with Crippen LogP contribution in [0.25, 0.3) is 0 Å². The van der Waals surface area contributed by atoms with Gasteiger partial charge in [-0.2, -0.15) is 0 Å². The molecule has 0 saturated heterocycles. The molecule has 0 aromatic heterocycles. The van der Waals surface area contributed by atoms with Gasteiger partial charge in [-0.25, -0.2) is 0 Å². The SMILES string of the molecule is COC(=O)C(NCc1cc(Cl)ccc1Cl)C(C)C. The summed E-state index contributed by atoms with van der Waals surface area (Å²) in [6.45, 7) is 4.37. The quantitative estimate of drug-likeness (QED) is 0.846. The summed E-state index contributed by atoms with van der Waals surface area (Å²) in [6, 6.07) is 4.90. The predicted molar refractivity (Wildman–Crippen MR) is 73.9 cm³/mol. The molecule has 0 fully saturated rings. The van der Waals surface area contributed by atoms with Crippen molar-refractivity contribution >= 4 is 29.2 Å². The van der Waals surface area contributed by atoms with E-state index in [0.717, 1.165) is 5.56 Å². The predicted octanol–water partition coefficient (Wildman–Crippen LogP) is 3.28. The van der Waals surface area contributed by atoms with Crippen LogP contribution >= 0.6 is 23.2 Å². The Hall–Kier alpha value is -0.770. The fourth-order valence-corrected chi connectivity index (χ4v) is 2.00. The lowest BCUT2D eigenvalue weighted by Gasteiger charge is -2.20. The fraction of sp³-hybridized carbons (Fsp3) is 0.462.